The second kappa shape index (κ2) is 8.46. The minimum absolute atomic E-state index is 0.0634. The van der Waals surface area contributed by atoms with Crippen LogP contribution in [0.3, 0.4) is 0 Å². The molecule has 1 aromatic heterocycles. The van der Waals surface area contributed by atoms with E-state index in [0.717, 1.165) is 0 Å². The molecule has 1 aliphatic rings. The van der Waals surface area contributed by atoms with Gasteiger partial charge in [0.15, 0.2) is 14.5 Å². The van der Waals surface area contributed by atoms with Crippen LogP contribution in [0.5, 0.6) is 0 Å². The summed E-state index contributed by atoms with van der Waals surface area (Å²) < 4.78 is 19.6. The van der Waals surface area contributed by atoms with Gasteiger partial charge in [0.2, 0.25) is 0 Å². The van der Waals surface area contributed by atoms with Crippen LogP contribution in [0.15, 0.2) is 34.5 Å². The summed E-state index contributed by atoms with van der Waals surface area (Å²) in [5, 5.41) is 10.6. The number of nitrogens with zero attached hydrogens (tertiary/aromatic N) is 1. The third kappa shape index (κ3) is 4.55. The summed E-state index contributed by atoms with van der Waals surface area (Å²) in [4.78, 5) is 25.9. The molecule has 1 aromatic rings. The topological polar surface area (TPSA) is 103 Å². The molecule has 1 fully saturated rings. The number of methoxy groups -OCH3 is 1. The molecule has 0 spiro atoms. The highest BCUT2D eigenvalue weighted by atomic mass is 28.4. The predicted molar refractivity (Wildman–Crippen MR) is 109 cm³/mol. The van der Waals surface area contributed by atoms with Crippen molar-refractivity contribution in [2.24, 2.45) is 0 Å². The fraction of sp³-hybridized carbons (Fsp3) is 0.684. The van der Waals surface area contributed by atoms with E-state index in [1.54, 1.807) is 6.08 Å². The summed E-state index contributed by atoms with van der Waals surface area (Å²) in [5.74, 6) is 0. The van der Waals surface area contributed by atoms with Gasteiger partial charge < -0.3 is 19.0 Å². The van der Waals surface area contributed by atoms with Gasteiger partial charge in [-0.25, -0.2) is 4.79 Å². The number of hydrogen-bond acceptors (Lipinski definition) is 6. The van der Waals surface area contributed by atoms with Gasteiger partial charge in [0, 0.05) is 19.4 Å². The van der Waals surface area contributed by atoms with Crippen molar-refractivity contribution < 1.29 is 19.0 Å². The summed E-state index contributed by atoms with van der Waals surface area (Å²) in [6, 6.07) is 1.24. The minimum atomic E-state index is -2.23. The van der Waals surface area contributed by atoms with Crippen LogP contribution in [0.2, 0.25) is 18.1 Å². The van der Waals surface area contributed by atoms with Gasteiger partial charge in [-0.15, -0.1) is 6.58 Å². The third-order valence-electron chi connectivity index (χ3n) is 5.65. The van der Waals surface area contributed by atoms with Crippen LogP contribution in [-0.4, -0.2) is 54.5 Å². The van der Waals surface area contributed by atoms with Crippen molar-refractivity contribution in [3.8, 4) is 0 Å². The van der Waals surface area contributed by atoms with E-state index >= 15 is 0 Å². The van der Waals surface area contributed by atoms with Crippen LogP contribution in [-0.2, 0) is 13.9 Å². The van der Waals surface area contributed by atoms with E-state index in [-0.39, 0.29) is 5.04 Å². The molecule has 2 N–H and O–H groups in total. The van der Waals surface area contributed by atoms with Gasteiger partial charge in [0.25, 0.3) is 5.56 Å². The maximum Gasteiger partial charge on any atom is 0.330 e. The standard InChI is InChI=1S/C19H32N2O6Si/c1-8-9-12(22)14-15(27-28(6,7)19(2,3)4)16(25-5)17(26-14)21-11-10-13(23)20-18(21)24/h8,10-12,14-17,22H,1,9H2,2-7H3,(H,20,23,24). The molecule has 0 aliphatic carbocycles. The number of rotatable bonds is 7. The van der Waals surface area contributed by atoms with Crippen LogP contribution < -0.4 is 11.2 Å². The van der Waals surface area contributed by atoms with Gasteiger partial charge >= 0.3 is 5.69 Å². The Hall–Kier alpha value is -1.52. The second-order valence-electron chi connectivity index (χ2n) is 8.64. The van der Waals surface area contributed by atoms with Gasteiger partial charge in [-0.3, -0.25) is 14.3 Å². The molecular weight excluding hydrogens is 380 g/mol. The highest BCUT2D eigenvalue weighted by molar-refractivity contribution is 6.74. The molecule has 0 aromatic carbocycles. The Bertz CT molecular complexity index is 797. The molecule has 5 unspecified atom stereocenters. The lowest BCUT2D eigenvalue weighted by Crippen LogP contribution is -2.51. The maximum atomic E-state index is 12.3. The molecule has 0 amide bonds. The fourth-order valence-electron chi connectivity index (χ4n) is 3.03. The van der Waals surface area contributed by atoms with Gasteiger partial charge in [-0.05, 0) is 24.6 Å². The molecule has 0 saturated carbocycles. The number of ether oxygens (including phenoxy) is 2. The van der Waals surface area contributed by atoms with Crippen molar-refractivity contribution in [3.63, 3.8) is 0 Å². The van der Waals surface area contributed by atoms with Crippen molar-refractivity contribution in [1.29, 1.82) is 0 Å². The van der Waals surface area contributed by atoms with Crippen molar-refractivity contribution in [2.75, 3.05) is 7.11 Å². The smallest absolute Gasteiger partial charge is 0.330 e. The molecule has 9 heteroatoms. The van der Waals surface area contributed by atoms with Crippen molar-refractivity contribution >= 4 is 8.32 Å². The first-order valence-corrected chi connectivity index (χ1v) is 12.3. The molecule has 1 saturated heterocycles. The molecule has 2 heterocycles. The summed E-state index contributed by atoms with van der Waals surface area (Å²) in [6.07, 6.45) is -0.344. The number of aliphatic hydroxyl groups is 1. The van der Waals surface area contributed by atoms with Gasteiger partial charge in [-0.1, -0.05) is 26.8 Å². The van der Waals surface area contributed by atoms with E-state index in [2.05, 4.69) is 45.4 Å². The first kappa shape index (κ1) is 22.8. The molecule has 1 aliphatic heterocycles. The van der Waals surface area contributed by atoms with Gasteiger partial charge in [-0.2, -0.15) is 0 Å². The Morgan fingerprint density at radius 3 is 2.54 bits per heavy atom. The second-order valence-corrected chi connectivity index (χ2v) is 13.4. The lowest BCUT2D eigenvalue weighted by atomic mass is 10.0. The molecule has 5 atom stereocenters. The summed E-state index contributed by atoms with van der Waals surface area (Å²) >= 11 is 0. The minimum Gasteiger partial charge on any atom is -0.408 e. The lowest BCUT2D eigenvalue weighted by Gasteiger charge is -2.41. The number of aromatic nitrogens is 2. The van der Waals surface area contributed by atoms with Gasteiger partial charge in [0.1, 0.15) is 18.3 Å². The van der Waals surface area contributed by atoms with Gasteiger partial charge in [0.05, 0.1) is 6.10 Å². The van der Waals surface area contributed by atoms with E-state index in [0.29, 0.717) is 6.42 Å². The largest absolute Gasteiger partial charge is 0.408 e. The average Bonchev–Trinajstić information content (AvgIpc) is 2.91. The zero-order valence-electron chi connectivity index (χ0n) is 17.5. The predicted octanol–water partition coefficient (Wildman–Crippen LogP) is 1.78. The van der Waals surface area contributed by atoms with Crippen LogP contribution >= 0.6 is 0 Å². The number of aromatic amines is 1. The first-order chi connectivity index (χ1) is 12.9. The van der Waals surface area contributed by atoms with Crippen LogP contribution in [0.4, 0.5) is 0 Å². The molecule has 0 bridgehead atoms. The normalized spacial score (nSPS) is 27.0. The number of H-pyrrole nitrogens is 1. The van der Waals surface area contributed by atoms with Crippen molar-refractivity contribution in [2.45, 2.75) is 76.0 Å². The van der Waals surface area contributed by atoms with Crippen LogP contribution in [0.1, 0.15) is 33.4 Å². The summed E-state index contributed by atoms with van der Waals surface area (Å²) in [6.45, 7) is 14.3. The van der Waals surface area contributed by atoms with E-state index in [4.69, 9.17) is 13.9 Å². The average molecular weight is 413 g/mol. The van der Waals surface area contributed by atoms with Crippen molar-refractivity contribution in [1.82, 2.24) is 9.55 Å². The molecule has 0 radical (unpaired) electrons. The Kier molecular flexibility index (Phi) is 6.88. The fourth-order valence-corrected chi connectivity index (χ4v) is 4.34. The molecule has 8 nitrogen and oxygen atoms in total. The number of aliphatic hydroxyl groups excluding tert-OH is 1. The van der Waals surface area contributed by atoms with Crippen LogP contribution in [0.25, 0.3) is 0 Å². The van der Waals surface area contributed by atoms with E-state index in [9.17, 15) is 14.7 Å². The maximum absolute atomic E-state index is 12.3. The highest BCUT2D eigenvalue weighted by Gasteiger charge is 2.53. The zero-order chi connectivity index (χ0) is 21.3. The third-order valence-corrected chi connectivity index (χ3v) is 10.1. The van der Waals surface area contributed by atoms with E-state index < -0.39 is 50.2 Å². The number of hydrogen-bond donors (Lipinski definition) is 2. The Morgan fingerprint density at radius 2 is 2.04 bits per heavy atom. The van der Waals surface area contributed by atoms with Crippen LogP contribution in [0, 0.1) is 0 Å². The van der Waals surface area contributed by atoms with E-state index in [1.807, 2.05) is 0 Å². The quantitative estimate of drug-likeness (QED) is 0.523. The molecule has 158 valence electrons. The highest BCUT2D eigenvalue weighted by Crippen LogP contribution is 2.42. The molecular formula is C19H32N2O6Si. The SMILES string of the molecule is C=CCC(O)C1OC(n2ccc(=O)[nH]c2=O)C(OC)C1O[Si](C)(C)C(C)(C)C. The zero-order valence-corrected chi connectivity index (χ0v) is 18.5. The Morgan fingerprint density at radius 1 is 1.39 bits per heavy atom. The Labute approximate surface area is 166 Å². The molecule has 28 heavy (non-hydrogen) atoms. The Balaban J connectivity index is 2.47. The molecule has 2 rings (SSSR count). The summed E-state index contributed by atoms with van der Waals surface area (Å²) in [7, 11) is -0.718. The van der Waals surface area contributed by atoms with E-state index in [1.165, 1.54) is 23.9 Å². The van der Waals surface area contributed by atoms with Crippen molar-refractivity contribution in [3.05, 3.63) is 45.8 Å². The lowest BCUT2D eigenvalue weighted by molar-refractivity contribution is -0.0857. The first-order valence-electron chi connectivity index (χ1n) is 9.39. The monoisotopic (exact) mass is 412 g/mol. The summed E-state index contributed by atoms with van der Waals surface area (Å²) in [5.41, 5.74) is -1.10. The number of nitrogens with one attached hydrogen (secondary N) is 1.